The van der Waals surface area contributed by atoms with Crippen LogP contribution in [0.15, 0.2) is 12.1 Å². The first-order chi connectivity index (χ1) is 8.45. The predicted molar refractivity (Wildman–Crippen MR) is 78.1 cm³/mol. The molecule has 0 bridgehead atoms. The standard InChI is InChI=1S/C16H27NO/c1-11(2)16(10-18)17-7-6-15-9-13(4)12(3)8-14(15)5/h8-9,11,16-18H,6-7,10H2,1-5H3. The molecule has 0 aliphatic carbocycles. The fraction of sp³-hybridized carbons (Fsp3) is 0.625. The van der Waals surface area contributed by atoms with Crippen molar-refractivity contribution >= 4 is 0 Å². The van der Waals surface area contributed by atoms with Gasteiger partial charge in [-0.15, -0.1) is 0 Å². The Morgan fingerprint density at radius 3 is 2.22 bits per heavy atom. The number of hydrogen-bond donors (Lipinski definition) is 2. The van der Waals surface area contributed by atoms with Crippen LogP contribution < -0.4 is 5.32 Å². The SMILES string of the molecule is Cc1cc(C)c(CCNC(CO)C(C)C)cc1C. The van der Waals surface area contributed by atoms with Crippen LogP contribution in [-0.4, -0.2) is 24.3 Å². The number of hydrogen-bond acceptors (Lipinski definition) is 2. The van der Waals surface area contributed by atoms with Gasteiger partial charge in [0.2, 0.25) is 0 Å². The van der Waals surface area contributed by atoms with Gasteiger partial charge in [0.1, 0.15) is 0 Å². The highest BCUT2D eigenvalue weighted by Crippen LogP contribution is 2.15. The van der Waals surface area contributed by atoms with Crippen molar-refractivity contribution < 1.29 is 5.11 Å². The van der Waals surface area contributed by atoms with Gasteiger partial charge in [-0.3, -0.25) is 0 Å². The van der Waals surface area contributed by atoms with E-state index in [0.29, 0.717) is 5.92 Å². The molecular weight excluding hydrogens is 222 g/mol. The Balaban J connectivity index is 2.56. The van der Waals surface area contributed by atoms with E-state index in [1.165, 1.54) is 22.3 Å². The van der Waals surface area contributed by atoms with Crippen molar-refractivity contribution in [2.75, 3.05) is 13.2 Å². The summed E-state index contributed by atoms with van der Waals surface area (Å²) in [4.78, 5) is 0. The molecule has 1 aromatic carbocycles. The molecule has 0 radical (unpaired) electrons. The second kappa shape index (κ2) is 6.91. The Morgan fingerprint density at radius 2 is 1.67 bits per heavy atom. The monoisotopic (exact) mass is 249 g/mol. The van der Waals surface area contributed by atoms with E-state index in [1.54, 1.807) is 0 Å². The zero-order valence-electron chi connectivity index (χ0n) is 12.4. The van der Waals surface area contributed by atoms with Gasteiger partial charge in [-0.05, 0) is 61.9 Å². The van der Waals surface area contributed by atoms with E-state index in [9.17, 15) is 5.11 Å². The Kier molecular flexibility index (Phi) is 5.83. The van der Waals surface area contributed by atoms with Gasteiger partial charge in [-0.1, -0.05) is 26.0 Å². The largest absolute Gasteiger partial charge is 0.395 e. The molecule has 0 aliphatic heterocycles. The number of nitrogens with one attached hydrogen (secondary N) is 1. The van der Waals surface area contributed by atoms with E-state index in [0.717, 1.165) is 13.0 Å². The van der Waals surface area contributed by atoms with Gasteiger partial charge in [-0.25, -0.2) is 0 Å². The summed E-state index contributed by atoms with van der Waals surface area (Å²) < 4.78 is 0. The minimum atomic E-state index is 0.205. The molecule has 102 valence electrons. The minimum Gasteiger partial charge on any atom is -0.395 e. The molecule has 1 aromatic rings. The molecule has 0 amide bonds. The maximum Gasteiger partial charge on any atom is 0.0587 e. The summed E-state index contributed by atoms with van der Waals surface area (Å²) in [6, 6.07) is 4.75. The summed E-state index contributed by atoms with van der Waals surface area (Å²) in [6.07, 6.45) is 1.02. The van der Waals surface area contributed by atoms with Crippen LogP contribution in [0.5, 0.6) is 0 Å². The van der Waals surface area contributed by atoms with E-state index in [2.05, 4.69) is 52.1 Å². The second-order valence-corrected chi connectivity index (χ2v) is 5.60. The molecule has 0 fully saturated rings. The highest BCUT2D eigenvalue weighted by Gasteiger charge is 2.11. The molecule has 0 saturated heterocycles. The molecule has 0 heterocycles. The van der Waals surface area contributed by atoms with Crippen molar-refractivity contribution in [1.82, 2.24) is 5.32 Å². The normalized spacial score (nSPS) is 13.1. The minimum absolute atomic E-state index is 0.205. The van der Waals surface area contributed by atoms with Crippen LogP contribution in [0.4, 0.5) is 0 Å². The van der Waals surface area contributed by atoms with Gasteiger partial charge < -0.3 is 10.4 Å². The van der Waals surface area contributed by atoms with E-state index >= 15 is 0 Å². The summed E-state index contributed by atoms with van der Waals surface area (Å²) in [5.74, 6) is 0.468. The van der Waals surface area contributed by atoms with Crippen LogP contribution in [0.2, 0.25) is 0 Å². The molecule has 0 spiro atoms. The quantitative estimate of drug-likeness (QED) is 0.812. The Labute approximate surface area is 111 Å². The topological polar surface area (TPSA) is 32.3 Å². The Bertz CT molecular complexity index is 385. The maximum absolute atomic E-state index is 9.27. The van der Waals surface area contributed by atoms with E-state index < -0.39 is 0 Å². The molecular formula is C16H27NO. The van der Waals surface area contributed by atoms with Gasteiger partial charge in [-0.2, -0.15) is 0 Å². The molecule has 1 unspecified atom stereocenters. The smallest absolute Gasteiger partial charge is 0.0587 e. The highest BCUT2D eigenvalue weighted by molar-refractivity contribution is 5.36. The van der Waals surface area contributed by atoms with Crippen molar-refractivity contribution in [2.45, 2.75) is 47.1 Å². The van der Waals surface area contributed by atoms with Crippen molar-refractivity contribution in [3.05, 3.63) is 34.4 Å². The lowest BCUT2D eigenvalue weighted by atomic mass is 9.98. The van der Waals surface area contributed by atoms with Crippen LogP contribution in [0, 0.1) is 26.7 Å². The Morgan fingerprint density at radius 1 is 1.06 bits per heavy atom. The Hall–Kier alpha value is -0.860. The summed E-state index contributed by atoms with van der Waals surface area (Å²) in [6.45, 7) is 11.9. The third kappa shape index (κ3) is 4.11. The van der Waals surface area contributed by atoms with Crippen LogP contribution in [0.25, 0.3) is 0 Å². The van der Waals surface area contributed by atoms with E-state index in [-0.39, 0.29) is 12.6 Å². The lowest BCUT2D eigenvalue weighted by molar-refractivity contribution is 0.212. The molecule has 2 heteroatoms. The second-order valence-electron chi connectivity index (χ2n) is 5.60. The molecule has 18 heavy (non-hydrogen) atoms. The zero-order valence-corrected chi connectivity index (χ0v) is 12.4. The van der Waals surface area contributed by atoms with Crippen LogP contribution in [-0.2, 0) is 6.42 Å². The summed E-state index contributed by atoms with van der Waals surface area (Å²) >= 11 is 0. The van der Waals surface area contributed by atoms with Gasteiger partial charge in [0, 0.05) is 6.04 Å². The molecule has 0 saturated carbocycles. The maximum atomic E-state index is 9.27. The van der Waals surface area contributed by atoms with Gasteiger partial charge in [0.05, 0.1) is 6.61 Å². The summed E-state index contributed by atoms with van der Waals surface area (Å²) in [5.41, 5.74) is 5.49. The summed E-state index contributed by atoms with van der Waals surface area (Å²) in [5, 5.41) is 12.7. The summed E-state index contributed by atoms with van der Waals surface area (Å²) in [7, 11) is 0. The van der Waals surface area contributed by atoms with Crippen molar-refractivity contribution in [2.24, 2.45) is 5.92 Å². The van der Waals surface area contributed by atoms with Crippen LogP contribution in [0.1, 0.15) is 36.1 Å². The number of benzene rings is 1. The first kappa shape index (κ1) is 15.2. The van der Waals surface area contributed by atoms with Crippen molar-refractivity contribution in [1.29, 1.82) is 0 Å². The molecule has 0 aromatic heterocycles. The van der Waals surface area contributed by atoms with Gasteiger partial charge in [0.15, 0.2) is 0 Å². The third-order valence-corrected chi connectivity index (χ3v) is 3.75. The molecule has 1 rings (SSSR count). The van der Waals surface area contributed by atoms with Crippen molar-refractivity contribution in [3.8, 4) is 0 Å². The molecule has 2 nitrogen and oxygen atoms in total. The number of aliphatic hydroxyl groups excluding tert-OH is 1. The lowest BCUT2D eigenvalue weighted by Gasteiger charge is -2.20. The predicted octanol–water partition coefficient (Wildman–Crippen LogP) is 2.76. The number of rotatable bonds is 6. The number of aliphatic hydroxyl groups is 1. The lowest BCUT2D eigenvalue weighted by Crippen LogP contribution is -2.38. The first-order valence-electron chi connectivity index (χ1n) is 6.86. The van der Waals surface area contributed by atoms with Crippen LogP contribution in [0.3, 0.4) is 0 Å². The first-order valence-corrected chi connectivity index (χ1v) is 6.86. The van der Waals surface area contributed by atoms with E-state index in [1.807, 2.05) is 0 Å². The fourth-order valence-corrected chi connectivity index (χ4v) is 2.19. The zero-order chi connectivity index (χ0) is 13.7. The molecule has 0 aliphatic rings. The average molecular weight is 249 g/mol. The molecule has 2 N–H and O–H groups in total. The van der Waals surface area contributed by atoms with Gasteiger partial charge in [0.25, 0.3) is 0 Å². The fourth-order valence-electron chi connectivity index (χ4n) is 2.19. The van der Waals surface area contributed by atoms with Crippen LogP contribution >= 0.6 is 0 Å². The highest BCUT2D eigenvalue weighted by atomic mass is 16.3. The average Bonchev–Trinajstić information content (AvgIpc) is 2.30. The third-order valence-electron chi connectivity index (χ3n) is 3.75. The van der Waals surface area contributed by atoms with Gasteiger partial charge >= 0.3 is 0 Å². The number of aryl methyl sites for hydroxylation is 3. The molecule has 1 atom stereocenters. The van der Waals surface area contributed by atoms with E-state index in [4.69, 9.17) is 0 Å². The van der Waals surface area contributed by atoms with Crippen molar-refractivity contribution in [3.63, 3.8) is 0 Å².